The lowest BCUT2D eigenvalue weighted by Gasteiger charge is -2.08. The van der Waals surface area contributed by atoms with Crippen LogP contribution in [0.4, 0.5) is 0 Å². The second kappa shape index (κ2) is 12.2. The van der Waals surface area contributed by atoms with Crippen molar-refractivity contribution in [2.75, 3.05) is 0 Å². The number of aromatic nitrogens is 1. The number of furan rings is 1. The van der Waals surface area contributed by atoms with Gasteiger partial charge in [-0.2, -0.15) is 5.26 Å². The topological polar surface area (TPSA) is 88.9 Å². The van der Waals surface area contributed by atoms with Crippen molar-refractivity contribution in [1.82, 2.24) is 4.98 Å². The highest BCUT2D eigenvalue weighted by Gasteiger charge is 2.12. The van der Waals surface area contributed by atoms with Gasteiger partial charge in [-0.15, -0.1) is 0 Å². The lowest BCUT2D eigenvalue weighted by atomic mass is 9.96. The van der Waals surface area contributed by atoms with Crippen LogP contribution in [0.25, 0.3) is 66.4 Å². The number of nitriles is 1. The molecule has 0 aliphatic heterocycles. The number of benzene rings is 6. The number of rotatable bonds is 5. The van der Waals surface area contributed by atoms with E-state index >= 15 is 0 Å². The third-order valence-corrected chi connectivity index (χ3v) is 8.62. The zero-order chi connectivity index (χ0) is 32.5. The van der Waals surface area contributed by atoms with Gasteiger partial charge in [0.15, 0.2) is 5.84 Å². The van der Waals surface area contributed by atoms with E-state index in [2.05, 4.69) is 82.8 Å². The van der Waals surface area contributed by atoms with Gasteiger partial charge in [0.1, 0.15) is 16.7 Å². The number of hydrogen-bond acceptors (Lipinski definition) is 3. The van der Waals surface area contributed by atoms with Gasteiger partial charge in [0.05, 0.1) is 11.6 Å². The molecule has 0 radical (unpaired) electrons. The van der Waals surface area contributed by atoms with Gasteiger partial charge in [-0.1, -0.05) is 91.0 Å². The van der Waals surface area contributed by atoms with Gasteiger partial charge in [-0.25, -0.2) is 4.99 Å². The van der Waals surface area contributed by atoms with Gasteiger partial charge in [-0.05, 0) is 105 Å². The average Bonchev–Trinajstić information content (AvgIpc) is 3.53. The number of pyridine rings is 1. The van der Waals surface area contributed by atoms with E-state index in [9.17, 15) is 5.26 Å². The minimum absolute atomic E-state index is 0.189. The van der Waals surface area contributed by atoms with Crippen LogP contribution in [0.15, 0.2) is 167 Å². The average molecular weight is 617 g/mol. The van der Waals surface area contributed by atoms with Crippen LogP contribution in [0, 0.1) is 16.7 Å². The Morgan fingerprint density at radius 2 is 1.08 bits per heavy atom. The molecule has 226 valence electrons. The van der Waals surface area contributed by atoms with E-state index in [1.54, 1.807) is 0 Å². The maximum atomic E-state index is 9.18. The predicted molar refractivity (Wildman–Crippen MR) is 193 cm³/mol. The van der Waals surface area contributed by atoms with Crippen molar-refractivity contribution in [1.29, 1.82) is 10.7 Å². The Labute approximate surface area is 277 Å². The molecule has 6 aromatic carbocycles. The van der Waals surface area contributed by atoms with E-state index < -0.39 is 0 Å². The lowest BCUT2D eigenvalue weighted by molar-refractivity contribution is 0.669. The smallest absolute Gasteiger partial charge is 0.154 e. The van der Waals surface area contributed by atoms with E-state index in [0.29, 0.717) is 11.1 Å². The maximum absolute atomic E-state index is 9.18. The summed E-state index contributed by atoms with van der Waals surface area (Å²) in [6, 6.07) is 52.9. The van der Waals surface area contributed by atoms with Gasteiger partial charge in [0.2, 0.25) is 0 Å². The molecule has 0 bridgehead atoms. The molecule has 0 aliphatic carbocycles. The molecule has 0 spiro atoms. The summed E-state index contributed by atoms with van der Waals surface area (Å²) in [5, 5.41) is 20.0. The highest BCUT2D eigenvalue weighted by Crippen LogP contribution is 2.36. The van der Waals surface area contributed by atoms with Crippen molar-refractivity contribution in [3.8, 4) is 50.6 Å². The number of aromatic amines is 1. The Balaban J connectivity index is 1.09. The molecule has 2 heterocycles. The Hall–Kier alpha value is -6.77. The standard InChI is InChI=1S/C43H28N4O/c44-26-28-12-14-30(15-13-28)34-16-19-40-38(24-34)39-25-35(17-20-41(39)48-40)32-9-4-8-31(22-32)33-10-5-11-36(23-33)43(45)47-42-21-18-37(27-46-42)29-6-2-1-3-7-29/h1-25,27H,(H2,45,46,47). The first-order valence-electron chi connectivity index (χ1n) is 15.7. The maximum Gasteiger partial charge on any atom is 0.154 e. The van der Waals surface area contributed by atoms with Gasteiger partial charge < -0.3 is 9.40 Å². The van der Waals surface area contributed by atoms with Gasteiger partial charge in [0.25, 0.3) is 0 Å². The van der Waals surface area contributed by atoms with Crippen molar-refractivity contribution in [2.24, 2.45) is 4.99 Å². The highest BCUT2D eigenvalue weighted by atomic mass is 16.3. The van der Waals surface area contributed by atoms with Crippen molar-refractivity contribution in [2.45, 2.75) is 0 Å². The minimum Gasteiger partial charge on any atom is -0.456 e. The normalized spacial score (nSPS) is 11.5. The van der Waals surface area contributed by atoms with Gasteiger partial charge in [0, 0.05) is 22.5 Å². The summed E-state index contributed by atoms with van der Waals surface area (Å²) in [5.41, 5.74) is 12.2. The van der Waals surface area contributed by atoms with Crippen LogP contribution in [0.3, 0.4) is 0 Å². The number of hydrogen-bond donors (Lipinski definition) is 2. The summed E-state index contributed by atoms with van der Waals surface area (Å²) >= 11 is 0. The fraction of sp³-hybridized carbons (Fsp3) is 0. The largest absolute Gasteiger partial charge is 0.456 e. The quantitative estimate of drug-likeness (QED) is 0.149. The second-order valence-electron chi connectivity index (χ2n) is 11.7. The second-order valence-corrected chi connectivity index (χ2v) is 11.7. The summed E-state index contributed by atoms with van der Waals surface area (Å²) in [6.07, 6.45) is 1.92. The van der Waals surface area contributed by atoms with Crippen LogP contribution in [-0.2, 0) is 0 Å². The highest BCUT2D eigenvalue weighted by molar-refractivity contribution is 6.07. The van der Waals surface area contributed by atoms with E-state index in [4.69, 9.17) is 9.83 Å². The Morgan fingerprint density at radius 1 is 0.542 bits per heavy atom. The molecule has 0 saturated heterocycles. The Bertz CT molecular complexity index is 2570. The molecule has 48 heavy (non-hydrogen) atoms. The van der Waals surface area contributed by atoms with E-state index in [1.807, 2.05) is 91.1 Å². The van der Waals surface area contributed by atoms with Crippen molar-refractivity contribution in [3.63, 3.8) is 0 Å². The van der Waals surface area contributed by atoms with Gasteiger partial charge in [-0.3, -0.25) is 5.41 Å². The van der Waals surface area contributed by atoms with Gasteiger partial charge >= 0.3 is 0 Å². The van der Waals surface area contributed by atoms with Crippen LogP contribution >= 0.6 is 0 Å². The van der Waals surface area contributed by atoms with Crippen LogP contribution in [0.2, 0.25) is 0 Å². The van der Waals surface area contributed by atoms with Crippen molar-refractivity contribution in [3.05, 3.63) is 174 Å². The lowest BCUT2D eigenvalue weighted by Crippen LogP contribution is -2.10. The van der Waals surface area contributed by atoms with E-state index in [1.165, 1.54) is 0 Å². The first-order chi connectivity index (χ1) is 23.6. The molecule has 0 fully saturated rings. The van der Waals surface area contributed by atoms with Crippen molar-refractivity contribution >= 4 is 27.8 Å². The van der Waals surface area contributed by atoms with Crippen molar-refractivity contribution < 1.29 is 4.42 Å². The fourth-order valence-electron chi connectivity index (χ4n) is 6.08. The van der Waals surface area contributed by atoms with E-state index in [0.717, 1.165) is 72.0 Å². The molecule has 5 nitrogen and oxygen atoms in total. The third kappa shape index (κ3) is 5.60. The summed E-state index contributed by atoms with van der Waals surface area (Å²) in [7, 11) is 0. The zero-order valence-corrected chi connectivity index (χ0v) is 25.8. The number of nitrogens with zero attached hydrogens (tertiary/aromatic N) is 2. The molecular formula is C43H28N4O. The first-order valence-corrected chi connectivity index (χ1v) is 15.7. The summed E-state index contributed by atoms with van der Waals surface area (Å²) in [6.45, 7) is 0. The fourth-order valence-corrected chi connectivity index (χ4v) is 6.08. The summed E-state index contributed by atoms with van der Waals surface area (Å²) in [4.78, 5) is 7.77. The summed E-state index contributed by atoms with van der Waals surface area (Å²) < 4.78 is 6.19. The third-order valence-electron chi connectivity index (χ3n) is 8.62. The molecule has 2 aromatic heterocycles. The molecule has 0 amide bonds. The van der Waals surface area contributed by atoms with Crippen LogP contribution in [0.1, 0.15) is 11.1 Å². The molecule has 8 aromatic rings. The molecule has 0 aliphatic rings. The molecule has 0 unspecified atom stereocenters. The van der Waals surface area contributed by atoms with Crippen LogP contribution in [0.5, 0.6) is 0 Å². The number of amidine groups is 1. The van der Waals surface area contributed by atoms with Crippen LogP contribution < -0.4 is 5.49 Å². The predicted octanol–water partition coefficient (Wildman–Crippen LogP) is 10.4. The molecule has 8 rings (SSSR count). The monoisotopic (exact) mass is 616 g/mol. The molecule has 5 heteroatoms. The van der Waals surface area contributed by atoms with E-state index in [-0.39, 0.29) is 5.84 Å². The molecule has 0 atom stereocenters. The SMILES string of the molecule is N#Cc1ccc(-c2ccc3oc4ccc(-c5cccc(-c6cccc(C(=N)/N=c7/ccc(-c8ccccc8)c[nH]7)c6)c5)cc4c3c2)cc1. The first kappa shape index (κ1) is 28.7. The Kier molecular flexibility index (Phi) is 7.29. The molecule has 2 N–H and O–H groups in total. The minimum atomic E-state index is 0.189. The number of nitrogens with one attached hydrogen (secondary N) is 2. The molecular weight excluding hydrogens is 589 g/mol. The number of H-pyrrole nitrogens is 1. The summed E-state index contributed by atoms with van der Waals surface area (Å²) in [5.74, 6) is 0.189. The molecule has 0 saturated carbocycles. The zero-order valence-electron chi connectivity index (χ0n) is 25.8. The van der Waals surface area contributed by atoms with Crippen LogP contribution in [-0.4, -0.2) is 10.8 Å². The Morgan fingerprint density at radius 3 is 1.73 bits per heavy atom. The number of fused-ring (bicyclic) bond motifs is 3.